The van der Waals surface area contributed by atoms with Gasteiger partial charge in [-0.15, -0.1) is 0 Å². The van der Waals surface area contributed by atoms with Crippen molar-refractivity contribution in [3.63, 3.8) is 0 Å². The van der Waals surface area contributed by atoms with Crippen molar-refractivity contribution in [1.29, 1.82) is 0 Å². The lowest BCUT2D eigenvalue weighted by Gasteiger charge is -2.24. The highest BCUT2D eigenvalue weighted by molar-refractivity contribution is 7.08. The second-order valence-electron chi connectivity index (χ2n) is 7.63. The van der Waals surface area contributed by atoms with Crippen LogP contribution in [0.15, 0.2) is 46.1 Å². The van der Waals surface area contributed by atoms with Crippen LogP contribution in [0.2, 0.25) is 0 Å². The van der Waals surface area contributed by atoms with E-state index >= 15 is 0 Å². The molecule has 0 spiro atoms. The van der Waals surface area contributed by atoms with Crippen molar-refractivity contribution in [2.24, 2.45) is 4.99 Å². The van der Waals surface area contributed by atoms with Gasteiger partial charge < -0.3 is 15.7 Å². The fraction of sp³-hybridized carbons (Fsp3) is 0.500. The van der Waals surface area contributed by atoms with Gasteiger partial charge in [0, 0.05) is 13.1 Å². The summed E-state index contributed by atoms with van der Waals surface area (Å²) in [5.74, 6) is 0.721. The van der Waals surface area contributed by atoms with E-state index in [-0.39, 0.29) is 0 Å². The molecule has 2 aromatic rings. The maximum atomic E-state index is 10.7. The third-order valence-corrected chi connectivity index (χ3v) is 5.82. The molecule has 28 heavy (non-hydrogen) atoms. The number of likely N-dealkylation sites (tertiary alicyclic amines) is 1. The van der Waals surface area contributed by atoms with E-state index in [4.69, 9.17) is 0 Å². The summed E-state index contributed by atoms with van der Waals surface area (Å²) in [6.07, 6.45) is 2.65. The summed E-state index contributed by atoms with van der Waals surface area (Å²) >= 11 is 1.59. The first-order valence-electron chi connectivity index (χ1n) is 10.1. The van der Waals surface area contributed by atoms with Crippen LogP contribution in [-0.2, 0) is 18.7 Å². The molecule has 1 unspecified atom stereocenters. The zero-order chi connectivity index (χ0) is 19.8. The topological polar surface area (TPSA) is 59.9 Å². The van der Waals surface area contributed by atoms with Crippen LogP contribution in [0.5, 0.6) is 0 Å². The molecular formula is C22H32N4OS. The molecule has 152 valence electrons. The van der Waals surface area contributed by atoms with Crippen LogP contribution < -0.4 is 10.6 Å². The summed E-state index contributed by atoms with van der Waals surface area (Å²) in [5.41, 5.74) is 2.56. The van der Waals surface area contributed by atoms with Gasteiger partial charge in [0.2, 0.25) is 0 Å². The minimum atomic E-state index is -0.923. The summed E-state index contributed by atoms with van der Waals surface area (Å²) in [6.45, 7) is 9.15. The number of rotatable bonds is 8. The van der Waals surface area contributed by atoms with Crippen LogP contribution in [0.1, 0.15) is 43.4 Å². The van der Waals surface area contributed by atoms with Crippen LogP contribution in [-0.4, -0.2) is 42.1 Å². The van der Waals surface area contributed by atoms with Crippen molar-refractivity contribution in [1.82, 2.24) is 15.5 Å². The summed E-state index contributed by atoms with van der Waals surface area (Å²) in [6, 6.07) is 10.7. The first-order chi connectivity index (χ1) is 13.6. The number of benzene rings is 1. The fourth-order valence-corrected chi connectivity index (χ4v) is 4.17. The molecule has 0 amide bonds. The highest BCUT2D eigenvalue weighted by atomic mass is 32.1. The van der Waals surface area contributed by atoms with E-state index in [0.29, 0.717) is 13.1 Å². The smallest absolute Gasteiger partial charge is 0.191 e. The first-order valence-corrected chi connectivity index (χ1v) is 11.1. The van der Waals surface area contributed by atoms with Crippen LogP contribution in [0.25, 0.3) is 0 Å². The third-order valence-electron chi connectivity index (χ3n) is 5.13. The van der Waals surface area contributed by atoms with E-state index in [2.05, 4.69) is 44.8 Å². The van der Waals surface area contributed by atoms with Crippen LogP contribution in [0.4, 0.5) is 0 Å². The van der Waals surface area contributed by atoms with E-state index in [9.17, 15) is 5.11 Å². The molecule has 0 radical (unpaired) electrons. The van der Waals surface area contributed by atoms with E-state index in [1.807, 2.05) is 30.7 Å². The molecule has 1 saturated heterocycles. The Bertz CT molecular complexity index is 734. The van der Waals surface area contributed by atoms with Gasteiger partial charge in [0.15, 0.2) is 5.96 Å². The van der Waals surface area contributed by atoms with Crippen molar-refractivity contribution in [3.8, 4) is 0 Å². The summed E-state index contributed by atoms with van der Waals surface area (Å²) in [5, 5.41) is 21.2. The highest BCUT2D eigenvalue weighted by Crippen LogP contribution is 2.22. The van der Waals surface area contributed by atoms with Crippen molar-refractivity contribution in [3.05, 3.63) is 57.8 Å². The SMILES string of the molecule is CCNC(=NCc1ccc(CN2CCCC2)cc1)NCC(C)(O)c1ccsc1. The number of nitrogens with zero attached hydrogens (tertiary/aromatic N) is 2. The predicted octanol–water partition coefficient (Wildman–Crippen LogP) is 3.31. The Kier molecular flexibility index (Phi) is 7.48. The molecule has 3 N–H and O–H groups in total. The van der Waals surface area contributed by atoms with Gasteiger partial charge in [-0.1, -0.05) is 24.3 Å². The minimum absolute atomic E-state index is 0.407. The van der Waals surface area contributed by atoms with Gasteiger partial charge in [-0.25, -0.2) is 4.99 Å². The second-order valence-corrected chi connectivity index (χ2v) is 8.41. The minimum Gasteiger partial charge on any atom is -0.384 e. The molecule has 6 heteroatoms. The Morgan fingerprint density at radius 3 is 2.50 bits per heavy atom. The van der Waals surface area contributed by atoms with Gasteiger partial charge in [0.05, 0.1) is 13.1 Å². The van der Waals surface area contributed by atoms with Crippen LogP contribution in [0.3, 0.4) is 0 Å². The fourth-order valence-electron chi connectivity index (χ4n) is 3.39. The molecule has 0 saturated carbocycles. The van der Waals surface area contributed by atoms with Crippen molar-refractivity contribution in [2.45, 2.75) is 45.4 Å². The second kappa shape index (κ2) is 10.0. The number of nitrogens with one attached hydrogen (secondary N) is 2. The zero-order valence-electron chi connectivity index (χ0n) is 16.9. The normalized spacial score (nSPS) is 17.5. The van der Waals surface area contributed by atoms with Crippen LogP contribution >= 0.6 is 11.3 Å². The Hall–Kier alpha value is -1.89. The summed E-state index contributed by atoms with van der Waals surface area (Å²) < 4.78 is 0. The Balaban J connectivity index is 1.54. The van der Waals surface area contributed by atoms with Crippen molar-refractivity contribution >= 4 is 17.3 Å². The molecule has 3 rings (SSSR count). The highest BCUT2D eigenvalue weighted by Gasteiger charge is 2.23. The zero-order valence-corrected chi connectivity index (χ0v) is 17.8. The average molecular weight is 401 g/mol. The lowest BCUT2D eigenvalue weighted by Crippen LogP contribution is -2.44. The van der Waals surface area contributed by atoms with Gasteiger partial charge in [-0.05, 0) is 73.3 Å². The van der Waals surface area contributed by atoms with E-state index in [0.717, 1.165) is 24.6 Å². The molecule has 1 fully saturated rings. The molecule has 2 heterocycles. The summed E-state index contributed by atoms with van der Waals surface area (Å²) in [4.78, 5) is 7.19. The number of aliphatic hydroxyl groups is 1. The molecule has 1 aliphatic heterocycles. The van der Waals surface area contributed by atoms with Gasteiger partial charge in [-0.3, -0.25) is 4.90 Å². The molecule has 1 aliphatic rings. The van der Waals surface area contributed by atoms with Crippen molar-refractivity contribution < 1.29 is 5.11 Å². The van der Waals surface area contributed by atoms with Gasteiger partial charge in [0.1, 0.15) is 5.60 Å². The monoisotopic (exact) mass is 400 g/mol. The standard InChI is InChI=1S/C22H32N4OS/c1-3-23-21(25-17-22(2,27)20-10-13-28-16-20)24-14-18-6-8-19(9-7-18)15-26-11-4-5-12-26/h6-10,13,16,27H,3-5,11-12,14-15,17H2,1-2H3,(H2,23,24,25). The number of hydrogen-bond donors (Lipinski definition) is 3. The molecule has 1 aromatic carbocycles. The maximum absolute atomic E-state index is 10.7. The third kappa shape index (κ3) is 6.06. The average Bonchev–Trinajstić information content (AvgIpc) is 3.39. The van der Waals surface area contributed by atoms with Gasteiger partial charge in [-0.2, -0.15) is 11.3 Å². The Morgan fingerprint density at radius 2 is 1.86 bits per heavy atom. The lowest BCUT2D eigenvalue weighted by molar-refractivity contribution is 0.0621. The van der Waals surface area contributed by atoms with E-state index in [1.165, 1.54) is 37.1 Å². The molecule has 1 atom stereocenters. The van der Waals surface area contributed by atoms with E-state index in [1.54, 1.807) is 11.3 Å². The van der Waals surface area contributed by atoms with Gasteiger partial charge >= 0.3 is 0 Å². The number of guanidine groups is 1. The van der Waals surface area contributed by atoms with E-state index < -0.39 is 5.60 Å². The Morgan fingerprint density at radius 1 is 1.14 bits per heavy atom. The molecule has 1 aromatic heterocycles. The molecular weight excluding hydrogens is 368 g/mol. The number of hydrogen-bond acceptors (Lipinski definition) is 4. The summed E-state index contributed by atoms with van der Waals surface area (Å²) in [7, 11) is 0. The number of aliphatic imine (C=N–C) groups is 1. The maximum Gasteiger partial charge on any atom is 0.191 e. The van der Waals surface area contributed by atoms with Crippen molar-refractivity contribution in [2.75, 3.05) is 26.2 Å². The largest absolute Gasteiger partial charge is 0.384 e. The first kappa shape index (κ1) is 20.8. The molecule has 0 aliphatic carbocycles. The lowest BCUT2D eigenvalue weighted by atomic mass is 9.99. The van der Waals surface area contributed by atoms with Crippen LogP contribution in [0, 0.1) is 0 Å². The quantitative estimate of drug-likeness (QED) is 0.470. The predicted molar refractivity (Wildman–Crippen MR) is 118 cm³/mol. The number of thiophene rings is 1. The molecule has 5 nitrogen and oxygen atoms in total. The Labute approximate surface area is 172 Å². The molecule has 0 bridgehead atoms. The van der Waals surface area contributed by atoms with Gasteiger partial charge in [0.25, 0.3) is 0 Å².